The van der Waals surface area contributed by atoms with E-state index < -0.39 is 4.92 Å². The summed E-state index contributed by atoms with van der Waals surface area (Å²) in [5.41, 5.74) is 0.988. The average molecular weight is 358 g/mol. The number of nitro groups is 1. The van der Waals surface area contributed by atoms with Crippen LogP contribution < -0.4 is 5.84 Å². The summed E-state index contributed by atoms with van der Waals surface area (Å²) in [6.45, 7) is 1.95. The van der Waals surface area contributed by atoms with Crippen LogP contribution in [0.25, 0.3) is 0 Å². The molecule has 1 aromatic heterocycles. The molecule has 9 heteroatoms. The number of rotatable bonds is 5. The molecule has 0 aliphatic heterocycles. The fourth-order valence-corrected chi connectivity index (χ4v) is 3.13. The predicted molar refractivity (Wildman–Crippen MR) is 79.9 cm³/mol. The van der Waals surface area contributed by atoms with E-state index in [4.69, 9.17) is 5.84 Å². The lowest BCUT2D eigenvalue weighted by molar-refractivity contribution is -0.384. The minimum Gasteiger partial charge on any atom is -0.336 e. The molecule has 7 nitrogen and oxygen atoms in total. The number of hydrogen-bond donors (Lipinski definition) is 1. The number of benzene rings is 1. The van der Waals surface area contributed by atoms with Crippen molar-refractivity contribution >= 4 is 33.4 Å². The van der Waals surface area contributed by atoms with Crippen LogP contribution in [0.5, 0.6) is 0 Å². The number of nitrogen functional groups attached to an aromatic ring is 1. The second-order valence-electron chi connectivity index (χ2n) is 3.94. The summed E-state index contributed by atoms with van der Waals surface area (Å²) in [5.74, 6) is 7.16. The van der Waals surface area contributed by atoms with Gasteiger partial charge in [-0.3, -0.25) is 10.1 Å². The van der Waals surface area contributed by atoms with Gasteiger partial charge in [0.25, 0.3) is 5.69 Å². The summed E-state index contributed by atoms with van der Waals surface area (Å²) in [6.07, 6.45) is 0.714. The van der Waals surface area contributed by atoms with Crippen molar-refractivity contribution in [1.29, 1.82) is 0 Å². The molecule has 1 heterocycles. The first-order chi connectivity index (χ1) is 9.52. The van der Waals surface area contributed by atoms with E-state index in [1.807, 2.05) is 6.92 Å². The van der Waals surface area contributed by atoms with E-state index in [9.17, 15) is 10.1 Å². The summed E-state index contributed by atoms with van der Waals surface area (Å²) < 4.78 is 2.15. The number of aromatic nitrogens is 3. The number of aryl methyl sites for hydroxylation is 1. The van der Waals surface area contributed by atoms with Crippen LogP contribution in [-0.2, 0) is 12.2 Å². The zero-order valence-corrected chi connectivity index (χ0v) is 13.0. The van der Waals surface area contributed by atoms with Gasteiger partial charge in [-0.05, 0) is 5.56 Å². The third kappa shape index (κ3) is 3.10. The van der Waals surface area contributed by atoms with E-state index in [-0.39, 0.29) is 5.69 Å². The number of halogens is 1. The molecule has 2 aromatic rings. The van der Waals surface area contributed by atoms with Crippen molar-refractivity contribution in [3.63, 3.8) is 0 Å². The average Bonchev–Trinajstić information content (AvgIpc) is 2.77. The van der Waals surface area contributed by atoms with Crippen molar-refractivity contribution in [3.8, 4) is 0 Å². The van der Waals surface area contributed by atoms with Crippen molar-refractivity contribution in [3.05, 3.63) is 44.2 Å². The molecular weight excluding hydrogens is 346 g/mol. The number of non-ortho nitro benzene ring substituents is 1. The van der Waals surface area contributed by atoms with Gasteiger partial charge in [-0.15, -0.1) is 10.2 Å². The summed E-state index contributed by atoms with van der Waals surface area (Å²) in [4.78, 5) is 10.2. The Balaban J connectivity index is 2.11. The van der Waals surface area contributed by atoms with Crippen LogP contribution in [-0.4, -0.2) is 19.8 Å². The van der Waals surface area contributed by atoms with Crippen LogP contribution in [0.1, 0.15) is 18.3 Å². The fraction of sp³-hybridized carbons (Fsp3) is 0.273. The lowest BCUT2D eigenvalue weighted by atomic mass is 10.2. The summed E-state index contributed by atoms with van der Waals surface area (Å²) in [6, 6.07) is 4.68. The molecule has 2 N–H and O–H groups in total. The van der Waals surface area contributed by atoms with Gasteiger partial charge < -0.3 is 5.84 Å². The highest BCUT2D eigenvalue weighted by Crippen LogP contribution is 2.28. The molecule has 106 valence electrons. The Bertz CT molecular complexity index is 646. The largest absolute Gasteiger partial charge is 0.336 e. The van der Waals surface area contributed by atoms with Gasteiger partial charge in [0.05, 0.1) is 4.92 Å². The van der Waals surface area contributed by atoms with E-state index in [0.717, 1.165) is 11.4 Å². The molecule has 1 aromatic carbocycles. The number of thioether (sulfide) groups is 1. The molecule has 0 radical (unpaired) electrons. The first-order valence-electron chi connectivity index (χ1n) is 5.78. The Morgan fingerprint density at radius 2 is 2.25 bits per heavy atom. The van der Waals surface area contributed by atoms with Crippen LogP contribution in [0.4, 0.5) is 5.69 Å². The van der Waals surface area contributed by atoms with Gasteiger partial charge in [0.15, 0.2) is 5.82 Å². The Kier molecular flexibility index (Phi) is 4.61. The van der Waals surface area contributed by atoms with Crippen LogP contribution in [0.15, 0.2) is 27.8 Å². The highest BCUT2D eigenvalue weighted by molar-refractivity contribution is 9.10. The predicted octanol–water partition coefficient (Wildman–Crippen LogP) is 2.52. The lowest BCUT2D eigenvalue weighted by Gasteiger charge is -2.04. The number of hydrogen-bond acceptors (Lipinski definition) is 6. The van der Waals surface area contributed by atoms with Crippen LogP contribution in [0, 0.1) is 10.1 Å². The molecule has 0 bridgehead atoms. The van der Waals surface area contributed by atoms with Gasteiger partial charge in [-0.25, -0.2) is 4.68 Å². The number of nitrogens with zero attached hydrogens (tertiary/aromatic N) is 4. The van der Waals surface area contributed by atoms with E-state index in [1.54, 1.807) is 6.07 Å². The Morgan fingerprint density at radius 3 is 2.80 bits per heavy atom. The zero-order chi connectivity index (χ0) is 14.7. The Morgan fingerprint density at radius 1 is 1.50 bits per heavy atom. The van der Waals surface area contributed by atoms with Gasteiger partial charge in [0.2, 0.25) is 5.16 Å². The van der Waals surface area contributed by atoms with Crippen molar-refractivity contribution < 1.29 is 4.92 Å². The van der Waals surface area contributed by atoms with Gasteiger partial charge >= 0.3 is 0 Å². The summed E-state index contributed by atoms with van der Waals surface area (Å²) >= 11 is 4.76. The second-order valence-corrected chi connectivity index (χ2v) is 5.74. The molecule has 0 fully saturated rings. The van der Waals surface area contributed by atoms with E-state index >= 15 is 0 Å². The first kappa shape index (κ1) is 14.8. The first-order valence-corrected chi connectivity index (χ1v) is 7.55. The summed E-state index contributed by atoms with van der Waals surface area (Å²) in [7, 11) is 0. The molecular formula is C11H12BrN5O2S. The topological polar surface area (TPSA) is 99.9 Å². The number of nitrogens with two attached hydrogens (primary N) is 1. The van der Waals surface area contributed by atoms with Crippen molar-refractivity contribution in [2.75, 3.05) is 5.84 Å². The van der Waals surface area contributed by atoms with Crippen LogP contribution in [0.2, 0.25) is 0 Å². The van der Waals surface area contributed by atoms with Crippen LogP contribution >= 0.6 is 27.7 Å². The van der Waals surface area contributed by atoms with E-state index in [1.165, 1.54) is 28.6 Å². The normalized spacial score (nSPS) is 10.7. The Hall–Kier alpha value is -1.61. The molecule has 20 heavy (non-hydrogen) atoms. The standard InChI is InChI=1S/C11H12BrN5O2S/c1-2-10-14-15-11(16(10)13)20-6-7-3-4-8(17(18)19)5-9(7)12/h3-5H,2,6,13H2,1H3. The molecule has 0 amide bonds. The highest BCUT2D eigenvalue weighted by atomic mass is 79.9. The third-order valence-electron chi connectivity index (χ3n) is 2.66. The molecule has 0 atom stereocenters. The van der Waals surface area contributed by atoms with Crippen molar-refractivity contribution in [2.45, 2.75) is 24.3 Å². The SMILES string of the molecule is CCc1nnc(SCc2ccc([N+](=O)[O-])cc2Br)n1N. The molecule has 0 spiro atoms. The summed E-state index contributed by atoms with van der Waals surface area (Å²) in [5, 5.41) is 19.3. The molecule has 0 saturated carbocycles. The maximum atomic E-state index is 10.7. The molecule has 0 saturated heterocycles. The second kappa shape index (κ2) is 6.23. The van der Waals surface area contributed by atoms with Gasteiger partial charge in [-0.1, -0.05) is 40.7 Å². The van der Waals surface area contributed by atoms with Crippen molar-refractivity contribution in [1.82, 2.24) is 14.9 Å². The smallest absolute Gasteiger partial charge is 0.270 e. The zero-order valence-electron chi connectivity index (χ0n) is 10.6. The van der Waals surface area contributed by atoms with Gasteiger partial charge in [0.1, 0.15) is 0 Å². The van der Waals surface area contributed by atoms with Gasteiger partial charge in [0, 0.05) is 28.8 Å². The molecule has 0 aliphatic carbocycles. The van der Waals surface area contributed by atoms with Crippen LogP contribution in [0.3, 0.4) is 0 Å². The van der Waals surface area contributed by atoms with E-state index in [2.05, 4.69) is 26.1 Å². The van der Waals surface area contributed by atoms with Crippen molar-refractivity contribution in [2.24, 2.45) is 0 Å². The quantitative estimate of drug-likeness (QED) is 0.382. The van der Waals surface area contributed by atoms with E-state index in [0.29, 0.717) is 21.8 Å². The monoisotopic (exact) mass is 357 g/mol. The fourth-order valence-electron chi connectivity index (χ4n) is 1.56. The Labute approximate surface area is 127 Å². The molecule has 0 unspecified atom stereocenters. The minimum absolute atomic E-state index is 0.0564. The number of nitro benzene ring substituents is 1. The van der Waals surface area contributed by atoms with Gasteiger partial charge in [-0.2, -0.15) is 0 Å². The lowest BCUT2D eigenvalue weighted by Crippen LogP contribution is -2.13. The maximum Gasteiger partial charge on any atom is 0.270 e. The maximum absolute atomic E-state index is 10.7. The third-order valence-corrected chi connectivity index (χ3v) is 4.39. The highest BCUT2D eigenvalue weighted by Gasteiger charge is 2.12. The molecule has 0 aliphatic rings. The molecule has 2 rings (SSSR count). The minimum atomic E-state index is -0.425.